The monoisotopic (exact) mass is 298 g/mol. The molecule has 0 atom stereocenters. The number of aromatic nitrogens is 3. The molecule has 0 amide bonds. The topological polar surface area (TPSA) is 63.8 Å². The van der Waals surface area contributed by atoms with Crippen LogP contribution in [-0.2, 0) is 0 Å². The van der Waals surface area contributed by atoms with E-state index in [2.05, 4.69) is 20.3 Å². The van der Waals surface area contributed by atoms with E-state index in [0.717, 1.165) is 21.6 Å². The highest BCUT2D eigenvalue weighted by atomic mass is 32.1. The fraction of sp³-hybridized carbons (Fsp3) is 0.133. The number of hydrogen-bond donors (Lipinski definition) is 1. The number of nitrogens with one attached hydrogen (secondary N) is 1. The summed E-state index contributed by atoms with van der Waals surface area (Å²) in [6.07, 6.45) is 1.52. The molecule has 0 saturated heterocycles. The largest absolute Gasteiger partial charge is 0.438 e. The van der Waals surface area contributed by atoms with Crippen molar-refractivity contribution in [3.63, 3.8) is 0 Å². The Morgan fingerprint density at radius 1 is 1.00 bits per heavy atom. The molecule has 1 aromatic carbocycles. The van der Waals surface area contributed by atoms with Crippen molar-refractivity contribution in [1.29, 1.82) is 0 Å². The number of furan rings is 1. The predicted octanol–water partition coefficient (Wildman–Crippen LogP) is 4.60. The van der Waals surface area contributed by atoms with Crippen molar-refractivity contribution in [2.75, 3.05) is 5.32 Å². The Kier molecular flexibility index (Phi) is 3.79. The maximum Gasteiger partial charge on any atom is 0.210 e. The second-order valence-electron chi connectivity index (χ2n) is 3.98. The summed E-state index contributed by atoms with van der Waals surface area (Å²) in [5.74, 6) is 0.654. The van der Waals surface area contributed by atoms with Gasteiger partial charge in [0, 0.05) is 5.69 Å². The van der Waals surface area contributed by atoms with Gasteiger partial charge >= 0.3 is 0 Å². The zero-order valence-electron chi connectivity index (χ0n) is 11.7. The number of rotatable bonds is 2. The van der Waals surface area contributed by atoms with Gasteiger partial charge in [-0.1, -0.05) is 43.4 Å². The third-order valence-corrected chi connectivity index (χ3v) is 3.50. The lowest BCUT2D eigenvalue weighted by Crippen LogP contribution is -1.94. The number of para-hydroxylation sites is 1. The van der Waals surface area contributed by atoms with Crippen LogP contribution in [0, 0.1) is 0 Å². The quantitative estimate of drug-likeness (QED) is 0.586. The Morgan fingerprint density at radius 2 is 1.81 bits per heavy atom. The average Bonchev–Trinajstić information content (AvgIpc) is 3.12. The van der Waals surface area contributed by atoms with Crippen LogP contribution in [0.1, 0.15) is 13.8 Å². The first kappa shape index (κ1) is 13.5. The van der Waals surface area contributed by atoms with Gasteiger partial charge in [0.1, 0.15) is 17.4 Å². The van der Waals surface area contributed by atoms with Crippen LogP contribution in [0.4, 0.5) is 11.5 Å². The van der Waals surface area contributed by atoms with Gasteiger partial charge < -0.3 is 9.73 Å². The lowest BCUT2D eigenvalue weighted by atomic mass is 10.3. The fourth-order valence-corrected chi connectivity index (χ4v) is 2.59. The van der Waals surface area contributed by atoms with Gasteiger partial charge in [0.05, 0.1) is 5.51 Å². The molecule has 3 aromatic heterocycles. The number of hydrogen-bond acceptors (Lipinski definition) is 6. The van der Waals surface area contributed by atoms with E-state index in [1.54, 1.807) is 5.51 Å². The van der Waals surface area contributed by atoms with E-state index in [1.165, 1.54) is 17.7 Å². The first-order valence-electron chi connectivity index (χ1n) is 6.70. The van der Waals surface area contributed by atoms with Gasteiger partial charge in [0.25, 0.3) is 0 Å². The third kappa shape index (κ3) is 2.45. The van der Waals surface area contributed by atoms with Gasteiger partial charge in [-0.15, -0.1) is 0 Å². The molecule has 4 aromatic rings. The summed E-state index contributed by atoms with van der Waals surface area (Å²) in [6, 6.07) is 9.83. The zero-order chi connectivity index (χ0) is 14.7. The first-order chi connectivity index (χ1) is 10.4. The highest BCUT2D eigenvalue weighted by Crippen LogP contribution is 2.32. The van der Waals surface area contributed by atoms with Crippen LogP contribution in [0.25, 0.3) is 21.5 Å². The maximum absolute atomic E-state index is 5.76. The number of nitrogens with zero attached hydrogens (tertiary/aromatic N) is 3. The smallest absolute Gasteiger partial charge is 0.210 e. The number of anilines is 2. The van der Waals surface area contributed by atoms with E-state index >= 15 is 0 Å². The zero-order valence-corrected chi connectivity index (χ0v) is 12.5. The minimum atomic E-state index is 0.640. The van der Waals surface area contributed by atoms with Crippen molar-refractivity contribution in [3.05, 3.63) is 42.2 Å². The first-order valence-corrected chi connectivity index (χ1v) is 7.58. The Labute approximate surface area is 125 Å². The standard InChI is InChI=1S/C13H8N4OS.C2H6/c1-2-4-8(5-3-1)17-12-11-9(14-6-15-12)10-13(18-11)19-7-16-10;1-2/h1-7H,(H,14,15,17);1-2H3. The highest BCUT2D eigenvalue weighted by Gasteiger charge is 2.15. The number of benzene rings is 1. The van der Waals surface area contributed by atoms with Gasteiger partial charge in [0.15, 0.2) is 11.4 Å². The molecule has 0 spiro atoms. The van der Waals surface area contributed by atoms with Gasteiger partial charge in [-0.05, 0) is 12.1 Å². The molecule has 0 aliphatic heterocycles. The van der Waals surface area contributed by atoms with Crippen LogP contribution in [0.2, 0.25) is 0 Å². The minimum Gasteiger partial charge on any atom is -0.438 e. The molecule has 3 heterocycles. The highest BCUT2D eigenvalue weighted by molar-refractivity contribution is 7.16. The van der Waals surface area contributed by atoms with Crippen molar-refractivity contribution < 1.29 is 4.42 Å². The van der Waals surface area contributed by atoms with Crippen LogP contribution < -0.4 is 5.32 Å². The number of thiazole rings is 1. The molecular weight excluding hydrogens is 284 g/mol. The van der Waals surface area contributed by atoms with Crippen molar-refractivity contribution >= 4 is 44.4 Å². The molecule has 0 aliphatic rings. The van der Waals surface area contributed by atoms with Gasteiger partial charge in [-0.3, -0.25) is 0 Å². The molecule has 0 radical (unpaired) electrons. The predicted molar refractivity (Wildman–Crippen MR) is 86.1 cm³/mol. The molecule has 1 N–H and O–H groups in total. The summed E-state index contributed by atoms with van der Waals surface area (Å²) in [5.41, 5.74) is 4.87. The van der Waals surface area contributed by atoms with E-state index in [9.17, 15) is 0 Å². The van der Waals surface area contributed by atoms with Crippen molar-refractivity contribution in [2.24, 2.45) is 0 Å². The lowest BCUT2D eigenvalue weighted by molar-refractivity contribution is 0.676. The summed E-state index contributed by atoms with van der Waals surface area (Å²) < 4.78 is 5.76. The number of fused-ring (bicyclic) bond motifs is 3. The molecule has 21 heavy (non-hydrogen) atoms. The minimum absolute atomic E-state index is 0.640. The Morgan fingerprint density at radius 3 is 2.62 bits per heavy atom. The van der Waals surface area contributed by atoms with E-state index in [1.807, 2.05) is 44.2 Å². The molecule has 0 bridgehead atoms. The van der Waals surface area contributed by atoms with Crippen LogP contribution in [0.15, 0.2) is 46.6 Å². The second-order valence-corrected chi connectivity index (χ2v) is 4.80. The van der Waals surface area contributed by atoms with Crippen LogP contribution >= 0.6 is 11.3 Å². The van der Waals surface area contributed by atoms with Crippen molar-refractivity contribution in [2.45, 2.75) is 13.8 Å². The van der Waals surface area contributed by atoms with Gasteiger partial charge in [-0.25, -0.2) is 15.0 Å². The molecule has 0 unspecified atom stereocenters. The summed E-state index contributed by atoms with van der Waals surface area (Å²) in [7, 11) is 0. The Balaban J connectivity index is 0.000000636. The summed E-state index contributed by atoms with van der Waals surface area (Å²) in [4.78, 5) is 13.5. The molecule has 106 valence electrons. The van der Waals surface area contributed by atoms with Gasteiger partial charge in [0.2, 0.25) is 4.90 Å². The normalized spacial score (nSPS) is 10.4. The van der Waals surface area contributed by atoms with Crippen LogP contribution in [0.5, 0.6) is 0 Å². The summed E-state index contributed by atoms with van der Waals surface area (Å²) in [6.45, 7) is 4.00. The van der Waals surface area contributed by atoms with E-state index in [0.29, 0.717) is 11.4 Å². The summed E-state index contributed by atoms with van der Waals surface area (Å²) >= 11 is 1.45. The molecule has 0 saturated carbocycles. The average molecular weight is 298 g/mol. The Bertz CT molecular complexity index is 854. The molecule has 5 nitrogen and oxygen atoms in total. The van der Waals surface area contributed by atoms with E-state index < -0.39 is 0 Å². The third-order valence-electron chi connectivity index (χ3n) is 2.79. The second kappa shape index (κ2) is 5.88. The Hall–Kier alpha value is -2.47. The van der Waals surface area contributed by atoms with Gasteiger partial charge in [-0.2, -0.15) is 0 Å². The fourth-order valence-electron chi connectivity index (χ4n) is 1.94. The van der Waals surface area contributed by atoms with Crippen LogP contribution in [0.3, 0.4) is 0 Å². The molecule has 0 fully saturated rings. The maximum atomic E-state index is 5.76. The molecule has 0 aliphatic carbocycles. The molecule has 4 rings (SSSR count). The summed E-state index contributed by atoms with van der Waals surface area (Å²) in [5, 5.41) is 3.23. The van der Waals surface area contributed by atoms with E-state index in [4.69, 9.17) is 4.42 Å². The molecule has 6 heteroatoms. The van der Waals surface area contributed by atoms with Crippen molar-refractivity contribution in [1.82, 2.24) is 15.0 Å². The van der Waals surface area contributed by atoms with E-state index in [-0.39, 0.29) is 0 Å². The van der Waals surface area contributed by atoms with Crippen LogP contribution in [-0.4, -0.2) is 15.0 Å². The lowest BCUT2D eigenvalue weighted by Gasteiger charge is -2.04. The van der Waals surface area contributed by atoms with Crippen molar-refractivity contribution in [3.8, 4) is 0 Å². The molecular formula is C15H14N4OS. The SMILES string of the molecule is CC.c1ccc(Nc2ncnc3c2oc2scnc23)cc1.